The predicted molar refractivity (Wildman–Crippen MR) is 93.6 cm³/mol. The van der Waals surface area contributed by atoms with Crippen molar-refractivity contribution in [3.8, 4) is 0 Å². The standard InChI is InChI=1S/C16H24N4O4S/c1-12-4-6-14(7-5-12)25(23,24)20-10-8-19(9-11-20)13(2)15(21)18-16(22)17-3/h4-7,13H,8-11H2,1-3H3,(H2,17,18,21,22). The van der Waals surface area contributed by atoms with Gasteiger partial charge in [0.15, 0.2) is 0 Å². The zero-order valence-corrected chi connectivity index (χ0v) is 15.5. The predicted octanol–water partition coefficient (Wildman–Crippen LogP) is 0.145. The number of piperazine rings is 1. The average molecular weight is 368 g/mol. The summed E-state index contributed by atoms with van der Waals surface area (Å²) >= 11 is 0. The van der Waals surface area contributed by atoms with Crippen LogP contribution in [0, 0.1) is 6.92 Å². The zero-order chi connectivity index (χ0) is 18.6. The molecule has 0 radical (unpaired) electrons. The van der Waals surface area contributed by atoms with Crippen LogP contribution in [0.4, 0.5) is 4.79 Å². The highest BCUT2D eigenvalue weighted by atomic mass is 32.2. The minimum absolute atomic E-state index is 0.275. The fourth-order valence-electron chi connectivity index (χ4n) is 2.64. The lowest BCUT2D eigenvalue weighted by Crippen LogP contribution is -2.56. The first-order valence-corrected chi connectivity index (χ1v) is 9.53. The first kappa shape index (κ1) is 19.4. The van der Waals surface area contributed by atoms with E-state index in [1.165, 1.54) is 11.4 Å². The number of sulfonamides is 1. The minimum Gasteiger partial charge on any atom is -0.341 e. The van der Waals surface area contributed by atoms with Crippen LogP contribution in [0.1, 0.15) is 12.5 Å². The van der Waals surface area contributed by atoms with Crippen molar-refractivity contribution < 1.29 is 18.0 Å². The highest BCUT2D eigenvalue weighted by molar-refractivity contribution is 7.89. The Morgan fingerprint density at radius 2 is 1.64 bits per heavy atom. The third-order valence-electron chi connectivity index (χ3n) is 4.32. The smallest absolute Gasteiger partial charge is 0.321 e. The molecule has 3 amide bonds. The third kappa shape index (κ3) is 4.56. The molecule has 1 aromatic carbocycles. The monoisotopic (exact) mass is 368 g/mol. The molecular formula is C16H24N4O4S. The minimum atomic E-state index is -3.53. The van der Waals surface area contributed by atoms with E-state index < -0.39 is 28.0 Å². The van der Waals surface area contributed by atoms with Gasteiger partial charge in [0.1, 0.15) is 0 Å². The van der Waals surface area contributed by atoms with Crippen LogP contribution in [0.15, 0.2) is 29.2 Å². The van der Waals surface area contributed by atoms with Gasteiger partial charge in [-0.3, -0.25) is 15.0 Å². The summed E-state index contributed by atoms with van der Waals surface area (Å²) in [7, 11) is -2.10. The molecule has 1 fully saturated rings. The molecular weight excluding hydrogens is 344 g/mol. The highest BCUT2D eigenvalue weighted by Gasteiger charge is 2.32. The quantitative estimate of drug-likeness (QED) is 0.788. The van der Waals surface area contributed by atoms with Crippen LogP contribution in [0.5, 0.6) is 0 Å². The number of urea groups is 1. The van der Waals surface area contributed by atoms with Crippen molar-refractivity contribution in [1.29, 1.82) is 0 Å². The molecule has 0 saturated carbocycles. The van der Waals surface area contributed by atoms with Crippen LogP contribution < -0.4 is 10.6 Å². The van der Waals surface area contributed by atoms with Crippen molar-refractivity contribution in [2.24, 2.45) is 0 Å². The Morgan fingerprint density at radius 1 is 1.08 bits per heavy atom. The molecule has 25 heavy (non-hydrogen) atoms. The van der Waals surface area contributed by atoms with Gasteiger partial charge in [-0.2, -0.15) is 4.31 Å². The van der Waals surface area contributed by atoms with E-state index in [-0.39, 0.29) is 4.90 Å². The maximum absolute atomic E-state index is 12.7. The third-order valence-corrected chi connectivity index (χ3v) is 6.24. The van der Waals surface area contributed by atoms with E-state index in [0.717, 1.165) is 5.56 Å². The Kier molecular flexibility index (Phi) is 6.15. The van der Waals surface area contributed by atoms with Crippen molar-refractivity contribution in [2.75, 3.05) is 33.2 Å². The summed E-state index contributed by atoms with van der Waals surface area (Å²) in [6.45, 7) is 5.05. The summed E-state index contributed by atoms with van der Waals surface area (Å²) in [6, 6.07) is 5.69. The van der Waals surface area contributed by atoms with Crippen molar-refractivity contribution in [2.45, 2.75) is 24.8 Å². The average Bonchev–Trinajstić information content (AvgIpc) is 2.61. The van der Waals surface area contributed by atoms with Gasteiger partial charge in [-0.15, -0.1) is 0 Å². The Hall–Kier alpha value is -1.97. The van der Waals surface area contributed by atoms with Crippen LogP contribution in [-0.4, -0.2) is 68.8 Å². The van der Waals surface area contributed by atoms with E-state index in [9.17, 15) is 18.0 Å². The second-order valence-electron chi connectivity index (χ2n) is 6.00. The van der Waals surface area contributed by atoms with Gasteiger partial charge in [0.05, 0.1) is 10.9 Å². The molecule has 1 aliphatic heterocycles. The molecule has 2 rings (SSSR count). The highest BCUT2D eigenvalue weighted by Crippen LogP contribution is 2.19. The Morgan fingerprint density at radius 3 is 2.16 bits per heavy atom. The molecule has 0 spiro atoms. The van der Waals surface area contributed by atoms with Crippen molar-refractivity contribution in [3.05, 3.63) is 29.8 Å². The number of nitrogens with one attached hydrogen (secondary N) is 2. The molecule has 8 nitrogen and oxygen atoms in total. The maximum Gasteiger partial charge on any atom is 0.321 e. The first-order valence-electron chi connectivity index (χ1n) is 8.09. The van der Waals surface area contributed by atoms with Crippen molar-refractivity contribution in [1.82, 2.24) is 19.8 Å². The fraction of sp³-hybridized carbons (Fsp3) is 0.500. The zero-order valence-electron chi connectivity index (χ0n) is 14.7. The van der Waals surface area contributed by atoms with Gasteiger partial charge >= 0.3 is 6.03 Å². The van der Waals surface area contributed by atoms with Gasteiger partial charge in [0, 0.05) is 33.2 Å². The van der Waals surface area contributed by atoms with E-state index in [1.807, 2.05) is 11.8 Å². The Bertz CT molecular complexity index is 725. The van der Waals surface area contributed by atoms with Crippen LogP contribution >= 0.6 is 0 Å². The molecule has 1 aliphatic rings. The second kappa shape index (κ2) is 7.94. The summed E-state index contributed by atoms with van der Waals surface area (Å²) in [4.78, 5) is 25.4. The number of nitrogens with zero attached hydrogens (tertiary/aromatic N) is 2. The van der Waals surface area contributed by atoms with E-state index in [4.69, 9.17) is 0 Å². The lowest BCUT2D eigenvalue weighted by atomic mass is 10.2. The number of carbonyl (C=O) groups excluding carboxylic acids is 2. The summed E-state index contributed by atoms with van der Waals surface area (Å²) in [5.74, 6) is -0.408. The molecule has 1 saturated heterocycles. The van der Waals surface area contributed by atoms with Crippen LogP contribution in [-0.2, 0) is 14.8 Å². The summed E-state index contributed by atoms with van der Waals surface area (Å²) in [6.07, 6.45) is 0. The van der Waals surface area contributed by atoms with Crippen molar-refractivity contribution in [3.63, 3.8) is 0 Å². The van der Waals surface area contributed by atoms with Gasteiger partial charge in [-0.1, -0.05) is 17.7 Å². The molecule has 0 aromatic heterocycles. The lowest BCUT2D eigenvalue weighted by Gasteiger charge is -2.36. The lowest BCUT2D eigenvalue weighted by molar-refractivity contribution is -0.125. The van der Waals surface area contributed by atoms with Gasteiger partial charge in [-0.05, 0) is 26.0 Å². The number of imide groups is 1. The Labute approximate surface area is 148 Å². The number of carbonyl (C=O) groups is 2. The molecule has 138 valence electrons. The summed E-state index contributed by atoms with van der Waals surface area (Å²) < 4.78 is 26.8. The van der Waals surface area contributed by atoms with Gasteiger partial charge in [0.25, 0.3) is 0 Å². The number of aryl methyl sites for hydroxylation is 1. The van der Waals surface area contributed by atoms with Crippen LogP contribution in [0.25, 0.3) is 0 Å². The van der Waals surface area contributed by atoms with Crippen LogP contribution in [0.3, 0.4) is 0 Å². The Balaban J connectivity index is 1.98. The molecule has 1 atom stereocenters. The number of hydrogen-bond donors (Lipinski definition) is 2. The molecule has 0 bridgehead atoms. The molecule has 2 N–H and O–H groups in total. The molecule has 1 unspecified atom stereocenters. The summed E-state index contributed by atoms with van der Waals surface area (Å²) in [5, 5.41) is 4.56. The largest absolute Gasteiger partial charge is 0.341 e. The summed E-state index contributed by atoms with van der Waals surface area (Å²) in [5.41, 5.74) is 1.000. The SMILES string of the molecule is CNC(=O)NC(=O)C(C)N1CCN(S(=O)(=O)c2ccc(C)cc2)CC1. The fourth-order valence-corrected chi connectivity index (χ4v) is 4.06. The van der Waals surface area contributed by atoms with E-state index >= 15 is 0 Å². The topological polar surface area (TPSA) is 98.8 Å². The van der Waals surface area contributed by atoms with Crippen LogP contribution in [0.2, 0.25) is 0 Å². The van der Waals surface area contributed by atoms with E-state index in [0.29, 0.717) is 26.2 Å². The second-order valence-corrected chi connectivity index (χ2v) is 7.94. The van der Waals surface area contributed by atoms with Gasteiger partial charge in [0.2, 0.25) is 15.9 Å². The molecule has 1 aromatic rings. The van der Waals surface area contributed by atoms with E-state index in [1.54, 1.807) is 31.2 Å². The van der Waals surface area contributed by atoms with Gasteiger partial charge < -0.3 is 5.32 Å². The molecule has 1 heterocycles. The van der Waals surface area contributed by atoms with E-state index in [2.05, 4.69) is 10.6 Å². The maximum atomic E-state index is 12.7. The number of hydrogen-bond acceptors (Lipinski definition) is 5. The number of rotatable bonds is 4. The normalized spacial score (nSPS) is 17.7. The number of benzene rings is 1. The first-order chi connectivity index (χ1) is 11.8. The molecule has 9 heteroatoms. The van der Waals surface area contributed by atoms with Crippen molar-refractivity contribution >= 4 is 22.0 Å². The van der Waals surface area contributed by atoms with Gasteiger partial charge in [-0.25, -0.2) is 13.2 Å². The molecule has 0 aliphatic carbocycles. The number of amides is 3.